The van der Waals surface area contributed by atoms with Crippen molar-refractivity contribution in [2.24, 2.45) is 0 Å². The maximum absolute atomic E-state index is 10.9. The van der Waals surface area contributed by atoms with Gasteiger partial charge in [0.15, 0.2) is 6.54 Å². The van der Waals surface area contributed by atoms with Gasteiger partial charge in [0.2, 0.25) is 5.03 Å². The Bertz CT molecular complexity index is 451. The van der Waals surface area contributed by atoms with E-state index < -0.39 is 5.03 Å². The van der Waals surface area contributed by atoms with Crippen LogP contribution in [-0.4, -0.2) is 33.7 Å². The zero-order chi connectivity index (χ0) is 12.3. The standard InChI is InChI=1S/C9H10ClN5O2/c10-8-2-1-7(5-13-8)6-14(15(16)17)9-11-3-4-12-9/h1-2,5H,3-4,6H2,(H,11,12)/p+1. The maximum Gasteiger partial charge on any atom is 0.409 e. The summed E-state index contributed by atoms with van der Waals surface area (Å²) in [6.07, 6.45) is 1.52. The number of hydrogen-bond acceptors (Lipinski definition) is 3. The number of guanidine groups is 1. The van der Waals surface area contributed by atoms with E-state index in [1.807, 2.05) is 0 Å². The molecule has 2 N–H and O–H groups in total. The first-order valence-corrected chi connectivity index (χ1v) is 5.41. The van der Waals surface area contributed by atoms with Gasteiger partial charge in [0, 0.05) is 16.4 Å². The summed E-state index contributed by atoms with van der Waals surface area (Å²) in [5, 5.41) is 16.7. The van der Waals surface area contributed by atoms with Crippen molar-refractivity contribution < 1.29 is 9.72 Å². The molecule has 1 aliphatic heterocycles. The predicted octanol–water partition coefficient (Wildman–Crippen LogP) is -0.0120. The van der Waals surface area contributed by atoms with Crippen LogP contribution in [0.5, 0.6) is 0 Å². The highest BCUT2D eigenvalue weighted by Gasteiger charge is 2.26. The molecule has 90 valence electrons. The highest BCUT2D eigenvalue weighted by Crippen LogP contribution is 2.06. The van der Waals surface area contributed by atoms with Crippen molar-refractivity contribution in [3.05, 3.63) is 39.2 Å². The number of hydrogen-bond donors (Lipinski definition) is 2. The Morgan fingerprint density at radius 1 is 1.41 bits per heavy atom. The van der Waals surface area contributed by atoms with E-state index in [0.29, 0.717) is 29.8 Å². The number of hydrazine groups is 1. The van der Waals surface area contributed by atoms with Crippen LogP contribution in [0, 0.1) is 10.1 Å². The lowest BCUT2D eigenvalue weighted by molar-refractivity contribution is -1.10. The van der Waals surface area contributed by atoms with Crippen LogP contribution in [0.1, 0.15) is 5.56 Å². The number of halogens is 1. The third-order valence-electron chi connectivity index (χ3n) is 2.29. The minimum Gasteiger partial charge on any atom is -0.270 e. The van der Waals surface area contributed by atoms with Crippen LogP contribution in [0.15, 0.2) is 18.3 Å². The normalized spacial score (nSPS) is 14.1. The molecule has 7 nitrogen and oxygen atoms in total. The molecular weight excluding hydrogens is 246 g/mol. The summed E-state index contributed by atoms with van der Waals surface area (Å²) in [7, 11) is 0. The molecule has 0 spiro atoms. The van der Waals surface area contributed by atoms with Gasteiger partial charge in [-0.25, -0.2) is 15.1 Å². The Hall–Kier alpha value is -1.89. The van der Waals surface area contributed by atoms with Crippen molar-refractivity contribution in [2.45, 2.75) is 6.54 Å². The highest BCUT2D eigenvalue weighted by molar-refractivity contribution is 6.29. The molecule has 2 rings (SSSR count). The summed E-state index contributed by atoms with van der Waals surface area (Å²) in [5.74, 6) is 0.407. The predicted molar refractivity (Wildman–Crippen MR) is 61.2 cm³/mol. The quantitative estimate of drug-likeness (QED) is 0.344. The number of nitrogens with one attached hydrogen (secondary N) is 2. The Labute approximate surface area is 102 Å². The number of aromatic nitrogens is 1. The molecule has 0 unspecified atom stereocenters. The molecular formula is C9H11ClN5O2+. The van der Waals surface area contributed by atoms with E-state index in [4.69, 9.17) is 11.6 Å². The molecule has 1 aliphatic rings. The first-order chi connectivity index (χ1) is 8.16. The van der Waals surface area contributed by atoms with Crippen LogP contribution in [0.25, 0.3) is 0 Å². The summed E-state index contributed by atoms with van der Waals surface area (Å²) in [4.78, 5) is 14.8. The first kappa shape index (κ1) is 11.6. The smallest absolute Gasteiger partial charge is 0.270 e. The molecule has 0 amide bonds. The highest BCUT2D eigenvalue weighted by atomic mass is 35.5. The van der Waals surface area contributed by atoms with Crippen molar-refractivity contribution >= 4 is 17.6 Å². The number of nitro groups is 1. The average Bonchev–Trinajstić information content (AvgIpc) is 2.81. The van der Waals surface area contributed by atoms with Crippen molar-refractivity contribution in [3.63, 3.8) is 0 Å². The largest absolute Gasteiger partial charge is 0.409 e. The Morgan fingerprint density at radius 2 is 2.12 bits per heavy atom. The van der Waals surface area contributed by atoms with Crippen LogP contribution >= 0.6 is 11.6 Å². The molecule has 1 aromatic heterocycles. The molecule has 8 heteroatoms. The Balaban J connectivity index is 2.21. The fraction of sp³-hybridized carbons (Fsp3) is 0.333. The number of hydrazone groups is 1. The molecule has 1 saturated heterocycles. The second-order valence-corrected chi connectivity index (χ2v) is 3.87. The summed E-state index contributed by atoms with van der Waals surface area (Å²) >= 11 is 5.65. The average molecular weight is 257 g/mol. The van der Waals surface area contributed by atoms with E-state index in [1.165, 1.54) is 6.20 Å². The van der Waals surface area contributed by atoms with E-state index in [1.54, 1.807) is 12.1 Å². The summed E-state index contributed by atoms with van der Waals surface area (Å²) in [6, 6.07) is 3.32. The van der Waals surface area contributed by atoms with Gasteiger partial charge in [-0.15, -0.1) is 0 Å². The third kappa shape index (κ3) is 2.82. The maximum atomic E-state index is 10.9. The molecule has 0 radical (unpaired) electrons. The van der Waals surface area contributed by atoms with E-state index in [0.717, 1.165) is 4.68 Å². The molecule has 1 aromatic rings. The topological polar surface area (TPSA) is 83.1 Å². The fourth-order valence-corrected chi connectivity index (χ4v) is 1.61. The van der Waals surface area contributed by atoms with Crippen LogP contribution in [0.3, 0.4) is 0 Å². The van der Waals surface area contributed by atoms with Gasteiger partial charge in [-0.05, 0) is 6.07 Å². The van der Waals surface area contributed by atoms with E-state index in [2.05, 4.69) is 15.6 Å². The van der Waals surface area contributed by atoms with E-state index in [-0.39, 0.29) is 6.54 Å². The van der Waals surface area contributed by atoms with Gasteiger partial charge in [-0.2, -0.15) is 0 Å². The number of nitrogens with zero attached hydrogens (tertiary/aromatic N) is 3. The van der Waals surface area contributed by atoms with Crippen LogP contribution in [0.4, 0.5) is 0 Å². The minimum absolute atomic E-state index is 0.131. The van der Waals surface area contributed by atoms with Gasteiger partial charge in [-0.1, -0.05) is 17.7 Å². The number of pyridine rings is 1. The van der Waals surface area contributed by atoms with Crippen LogP contribution in [0.2, 0.25) is 5.15 Å². The molecule has 17 heavy (non-hydrogen) atoms. The number of rotatable bonds is 3. The van der Waals surface area contributed by atoms with Gasteiger partial charge in [-0.3, -0.25) is 10.6 Å². The monoisotopic (exact) mass is 256 g/mol. The van der Waals surface area contributed by atoms with Gasteiger partial charge < -0.3 is 0 Å². The van der Waals surface area contributed by atoms with E-state index in [9.17, 15) is 10.1 Å². The summed E-state index contributed by atoms with van der Waals surface area (Å²) < 4.78 is 1.01. The van der Waals surface area contributed by atoms with Crippen molar-refractivity contribution in [1.29, 1.82) is 0 Å². The molecule has 0 aromatic carbocycles. The molecule has 0 atom stereocenters. The zero-order valence-corrected chi connectivity index (χ0v) is 9.65. The summed E-state index contributed by atoms with van der Waals surface area (Å²) in [5.41, 5.74) is 0.717. The lowest BCUT2D eigenvalue weighted by Crippen LogP contribution is -2.38. The molecule has 2 heterocycles. The molecule has 1 fully saturated rings. The van der Waals surface area contributed by atoms with Gasteiger partial charge in [0.1, 0.15) is 5.15 Å². The van der Waals surface area contributed by atoms with Gasteiger partial charge in [0.05, 0.1) is 13.1 Å². The van der Waals surface area contributed by atoms with E-state index >= 15 is 0 Å². The van der Waals surface area contributed by atoms with Gasteiger partial charge in [0.25, 0.3) is 0 Å². The SMILES string of the molecule is O=[N+]([O-])[N+](Cc1ccc(Cl)nc1)=C1NCCN1. The lowest BCUT2D eigenvalue weighted by Gasteiger charge is -2.01. The molecule has 0 aliphatic carbocycles. The Kier molecular flexibility index (Phi) is 3.38. The van der Waals surface area contributed by atoms with Crippen molar-refractivity contribution in [1.82, 2.24) is 15.6 Å². The molecule has 0 saturated carbocycles. The lowest BCUT2D eigenvalue weighted by atomic mass is 10.3. The van der Waals surface area contributed by atoms with Crippen LogP contribution < -0.4 is 10.6 Å². The zero-order valence-electron chi connectivity index (χ0n) is 8.89. The molecule has 0 bridgehead atoms. The third-order valence-corrected chi connectivity index (χ3v) is 2.51. The summed E-state index contributed by atoms with van der Waals surface area (Å²) in [6.45, 7) is 1.49. The second-order valence-electron chi connectivity index (χ2n) is 3.49. The minimum atomic E-state index is -0.463. The fourth-order valence-electron chi connectivity index (χ4n) is 1.50. The van der Waals surface area contributed by atoms with Crippen molar-refractivity contribution in [3.8, 4) is 0 Å². The van der Waals surface area contributed by atoms with Crippen molar-refractivity contribution in [2.75, 3.05) is 13.1 Å². The van der Waals surface area contributed by atoms with Crippen LogP contribution in [-0.2, 0) is 6.54 Å². The Morgan fingerprint density at radius 3 is 2.65 bits per heavy atom. The first-order valence-electron chi connectivity index (χ1n) is 5.04. The van der Waals surface area contributed by atoms with Gasteiger partial charge >= 0.3 is 5.96 Å². The second kappa shape index (κ2) is 4.96.